The fourth-order valence-electron chi connectivity index (χ4n) is 2.96. The van der Waals surface area contributed by atoms with E-state index in [2.05, 4.69) is 15.0 Å². The predicted molar refractivity (Wildman–Crippen MR) is 96.8 cm³/mol. The molecule has 0 spiro atoms. The van der Waals surface area contributed by atoms with E-state index >= 15 is 0 Å². The molecule has 1 atom stereocenters. The summed E-state index contributed by atoms with van der Waals surface area (Å²) in [5.74, 6) is 0.650. The van der Waals surface area contributed by atoms with E-state index in [0.29, 0.717) is 5.75 Å². The number of non-ortho nitro benzene ring substituents is 1. The van der Waals surface area contributed by atoms with Crippen molar-refractivity contribution in [2.75, 3.05) is 6.61 Å². The van der Waals surface area contributed by atoms with E-state index in [1.54, 1.807) is 24.8 Å². The quantitative estimate of drug-likeness (QED) is 0.292. The highest BCUT2D eigenvalue weighted by atomic mass is 32.2. The Morgan fingerprint density at radius 1 is 1.23 bits per heavy atom. The van der Waals surface area contributed by atoms with Crippen molar-refractivity contribution in [2.24, 2.45) is 0 Å². The zero-order valence-electron chi connectivity index (χ0n) is 13.9. The van der Waals surface area contributed by atoms with Crippen LogP contribution in [-0.2, 0) is 10.5 Å². The molecule has 26 heavy (non-hydrogen) atoms. The van der Waals surface area contributed by atoms with Crippen LogP contribution >= 0.6 is 11.8 Å². The van der Waals surface area contributed by atoms with E-state index in [1.165, 1.54) is 23.9 Å². The number of hydrogen-bond acceptors (Lipinski definition) is 7. The van der Waals surface area contributed by atoms with Crippen molar-refractivity contribution in [3.8, 4) is 0 Å². The van der Waals surface area contributed by atoms with Crippen LogP contribution in [0.3, 0.4) is 0 Å². The summed E-state index contributed by atoms with van der Waals surface area (Å²) in [5.41, 5.74) is 2.61. The molecule has 0 aliphatic carbocycles. The van der Waals surface area contributed by atoms with Crippen LogP contribution in [0.1, 0.15) is 31.1 Å². The summed E-state index contributed by atoms with van der Waals surface area (Å²) in [4.78, 5) is 23.6. The number of nitro benzene ring substituents is 1. The molecule has 3 heterocycles. The Hall–Kier alpha value is -2.52. The van der Waals surface area contributed by atoms with Crippen molar-refractivity contribution in [1.29, 1.82) is 0 Å². The Morgan fingerprint density at radius 3 is 2.81 bits per heavy atom. The van der Waals surface area contributed by atoms with Crippen molar-refractivity contribution >= 4 is 28.6 Å². The third kappa shape index (κ3) is 3.40. The Kier molecular flexibility index (Phi) is 4.81. The average Bonchev–Trinajstić information content (AvgIpc) is 3.12. The van der Waals surface area contributed by atoms with Gasteiger partial charge < -0.3 is 4.74 Å². The van der Waals surface area contributed by atoms with E-state index in [9.17, 15) is 10.1 Å². The first kappa shape index (κ1) is 16.9. The maximum atomic E-state index is 10.7. The smallest absolute Gasteiger partial charge is 0.269 e. The summed E-state index contributed by atoms with van der Waals surface area (Å²) in [6.45, 7) is 0.761. The highest BCUT2D eigenvalue weighted by molar-refractivity contribution is 7.98. The molecular weight excluding hydrogens is 354 g/mol. The molecule has 2 aromatic heterocycles. The second-order valence-corrected chi connectivity index (χ2v) is 7.00. The fraction of sp³-hybridized carbons (Fsp3) is 0.353. The molecule has 0 radical (unpaired) electrons. The van der Waals surface area contributed by atoms with Gasteiger partial charge in [-0.2, -0.15) is 0 Å². The zero-order chi connectivity index (χ0) is 17.9. The highest BCUT2D eigenvalue weighted by Crippen LogP contribution is 2.30. The van der Waals surface area contributed by atoms with Gasteiger partial charge in [0.1, 0.15) is 23.1 Å². The largest absolute Gasteiger partial charge is 0.358 e. The van der Waals surface area contributed by atoms with Gasteiger partial charge in [-0.15, -0.1) is 0 Å². The summed E-state index contributed by atoms with van der Waals surface area (Å²) >= 11 is 1.54. The number of fused-ring (bicyclic) bond motifs is 1. The van der Waals surface area contributed by atoms with Gasteiger partial charge in [0.25, 0.3) is 5.69 Å². The number of benzene rings is 1. The average molecular weight is 371 g/mol. The van der Waals surface area contributed by atoms with E-state index in [4.69, 9.17) is 4.74 Å². The minimum atomic E-state index is -0.398. The summed E-state index contributed by atoms with van der Waals surface area (Å²) < 4.78 is 7.81. The molecule has 1 saturated heterocycles. The number of ether oxygens (including phenoxy) is 1. The number of imidazole rings is 1. The van der Waals surface area contributed by atoms with Gasteiger partial charge in [0.15, 0.2) is 5.65 Å². The molecule has 1 fully saturated rings. The Bertz CT molecular complexity index is 922. The second-order valence-electron chi connectivity index (χ2n) is 6.04. The predicted octanol–water partition coefficient (Wildman–Crippen LogP) is 3.73. The first-order valence-electron chi connectivity index (χ1n) is 8.37. The lowest BCUT2D eigenvalue weighted by Crippen LogP contribution is -2.17. The maximum Gasteiger partial charge on any atom is 0.269 e. The van der Waals surface area contributed by atoms with Crippen molar-refractivity contribution in [2.45, 2.75) is 36.3 Å². The topological polar surface area (TPSA) is 96.0 Å². The van der Waals surface area contributed by atoms with Crippen LogP contribution in [0.4, 0.5) is 5.69 Å². The molecule has 1 aromatic carbocycles. The SMILES string of the molecule is O=[N+]([O-])c1ccc(CSc2ncnc3c2ncn3C2CCCCO2)cc1. The molecule has 1 aliphatic heterocycles. The molecule has 1 unspecified atom stereocenters. The summed E-state index contributed by atoms with van der Waals surface area (Å²) in [5, 5.41) is 11.5. The van der Waals surface area contributed by atoms with Crippen LogP contribution in [0.2, 0.25) is 0 Å². The number of rotatable bonds is 5. The minimum absolute atomic E-state index is 0.0174. The number of hydrogen-bond donors (Lipinski definition) is 0. The lowest BCUT2D eigenvalue weighted by molar-refractivity contribution is -0.384. The zero-order valence-corrected chi connectivity index (χ0v) is 14.8. The maximum absolute atomic E-state index is 10.7. The van der Waals surface area contributed by atoms with Crippen LogP contribution in [0.15, 0.2) is 41.9 Å². The molecule has 4 rings (SSSR count). The lowest BCUT2D eigenvalue weighted by atomic mass is 10.2. The lowest BCUT2D eigenvalue weighted by Gasteiger charge is -2.23. The molecule has 3 aromatic rings. The standard InChI is InChI=1S/C17H17N5O3S/c23-22(24)13-6-4-12(5-7-13)9-26-17-15-16(18-10-19-17)21(11-20-15)14-3-1-2-8-25-14/h4-7,10-11,14H,1-3,8-9H2. The number of thioether (sulfide) groups is 1. The van der Waals surface area contributed by atoms with Crippen LogP contribution in [0.5, 0.6) is 0 Å². The minimum Gasteiger partial charge on any atom is -0.358 e. The third-order valence-corrected chi connectivity index (χ3v) is 5.36. The van der Waals surface area contributed by atoms with Crippen LogP contribution in [0, 0.1) is 10.1 Å². The molecule has 8 nitrogen and oxygen atoms in total. The van der Waals surface area contributed by atoms with E-state index in [1.807, 2.05) is 4.57 Å². The van der Waals surface area contributed by atoms with Gasteiger partial charge in [-0.1, -0.05) is 23.9 Å². The number of aromatic nitrogens is 4. The molecular formula is C17H17N5O3S. The second kappa shape index (κ2) is 7.38. The van der Waals surface area contributed by atoms with Gasteiger partial charge in [0, 0.05) is 24.5 Å². The monoisotopic (exact) mass is 371 g/mol. The summed E-state index contributed by atoms with van der Waals surface area (Å²) in [6, 6.07) is 6.55. The highest BCUT2D eigenvalue weighted by Gasteiger charge is 2.20. The van der Waals surface area contributed by atoms with Gasteiger partial charge in [0.2, 0.25) is 0 Å². The van der Waals surface area contributed by atoms with Crippen molar-refractivity contribution in [3.63, 3.8) is 0 Å². The Balaban J connectivity index is 1.53. The van der Waals surface area contributed by atoms with Crippen LogP contribution in [-0.4, -0.2) is 31.0 Å². The summed E-state index contributed by atoms with van der Waals surface area (Å²) in [6.07, 6.45) is 6.48. The van der Waals surface area contributed by atoms with Crippen molar-refractivity contribution < 1.29 is 9.66 Å². The van der Waals surface area contributed by atoms with E-state index in [0.717, 1.165) is 47.6 Å². The van der Waals surface area contributed by atoms with Crippen LogP contribution < -0.4 is 0 Å². The molecule has 9 heteroatoms. The van der Waals surface area contributed by atoms with Gasteiger partial charge in [-0.25, -0.2) is 15.0 Å². The first-order chi connectivity index (χ1) is 12.7. The van der Waals surface area contributed by atoms with Gasteiger partial charge in [-0.3, -0.25) is 14.7 Å². The Labute approximate surface area is 153 Å². The van der Waals surface area contributed by atoms with Crippen molar-refractivity contribution in [1.82, 2.24) is 19.5 Å². The fourth-order valence-corrected chi connectivity index (χ4v) is 3.85. The number of nitro groups is 1. The molecule has 0 bridgehead atoms. The molecule has 134 valence electrons. The van der Waals surface area contributed by atoms with Crippen molar-refractivity contribution in [3.05, 3.63) is 52.6 Å². The molecule has 1 aliphatic rings. The van der Waals surface area contributed by atoms with E-state index < -0.39 is 4.92 Å². The molecule has 0 saturated carbocycles. The van der Waals surface area contributed by atoms with Gasteiger partial charge in [-0.05, 0) is 24.8 Å². The van der Waals surface area contributed by atoms with Gasteiger partial charge >= 0.3 is 0 Å². The van der Waals surface area contributed by atoms with Crippen LogP contribution in [0.25, 0.3) is 11.2 Å². The third-order valence-electron chi connectivity index (χ3n) is 4.31. The molecule has 0 N–H and O–H groups in total. The van der Waals surface area contributed by atoms with Gasteiger partial charge in [0.05, 0.1) is 11.3 Å². The normalized spacial score (nSPS) is 17.5. The van der Waals surface area contributed by atoms with E-state index in [-0.39, 0.29) is 11.9 Å². The number of nitrogens with zero attached hydrogens (tertiary/aromatic N) is 5. The summed E-state index contributed by atoms with van der Waals surface area (Å²) in [7, 11) is 0. The Morgan fingerprint density at radius 2 is 2.08 bits per heavy atom. The molecule has 0 amide bonds. The first-order valence-corrected chi connectivity index (χ1v) is 9.36.